The first kappa shape index (κ1) is 21.6. The first-order valence-corrected chi connectivity index (χ1v) is 12.3. The molecule has 0 amide bonds. The van der Waals surface area contributed by atoms with Crippen molar-refractivity contribution < 1.29 is 26.7 Å². The van der Waals surface area contributed by atoms with E-state index in [0.717, 1.165) is 3.97 Å². The number of fused-ring (bicyclic) bond motifs is 1. The third-order valence-corrected chi connectivity index (χ3v) is 8.17. The molecule has 8 nitrogen and oxygen atoms in total. The standard InChI is InChI=1S/C22H18N2O6S2/c1-15-21(22(25)26)19-14-16(23-31(27,28)17-8-4-2-5-9-17)12-13-20(19)24(15)32(29,30)18-10-6-3-7-11-18/h2-14,23H,1H3,(H,25,26). The van der Waals surface area contributed by atoms with Crippen LogP contribution in [0.4, 0.5) is 5.69 Å². The van der Waals surface area contributed by atoms with Crippen LogP contribution in [0.5, 0.6) is 0 Å². The van der Waals surface area contributed by atoms with Gasteiger partial charge in [0.25, 0.3) is 20.0 Å². The van der Waals surface area contributed by atoms with Gasteiger partial charge in [0.15, 0.2) is 0 Å². The maximum Gasteiger partial charge on any atom is 0.338 e. The van der Waals surface area contributed by atoms with Gasteiger partial charge in [-0.1, -0.05) is 36.4 Å². The van der Waals surface area contributed by atoms with E-state index in [-0.39, 0.29) is 37.6 Å². The molecular weight excluding hydrogens is 452 g/mol. The molecule has 0 radical (unpaired) electrons. The summed E-state index contributed by atoms with van der Waals surface area (Å²) in [5, 5.41) is 9.87. The Hall–Kier alpha value is -3.63. The summed E-state index contributed by atoms with van der Waals surface area (Å²) in [5.41, 5.74) is 0.0317. The monoisotopic (exact) mass is 470 g/mol. The topological polar surface area (TPSA) is 123 Å². The van der Waals surface area contributed by atoms with Crippen LogP contribution in [-0.2, 0) is 20.0 Å². The van der Waals surface area contributed by atoms with E-state index < -0.39 is 26.0 Å². The molecule has 4 rings (SSSR count). The van der Waals surface area contributed by atoms with Gasteiger partial charge < -0.3 is 5.11 Å². The number of nitrogens with zero attached hydrogens (tertiary/aromatic N) is 1. The number of rotatable bonds is 6. The van der Waals surface area contributed by atoms with E-state index in [4.69, 9.17) is 0 Å². The summed E-state index contributed by atoms with van der Waals surface area (Å²) < 4.78 is 55.2. The minimum absolute atomic E-state index is 0.00537. The highest BCUT2D eigenvalue weighted by atomic mass is 32.2. The highest BCUT2D eigenvalue weighted by molar-refractivity contribution is 7.92. The third-order valence-electron chi connectivity index (χ3n) is 4.95. The van der Waals surface area contributed by atoms with Crippen molar-refractivity contribution >= 4 is 42.6 Å². The predicted molar refractivity (Wildman–Crippen MR) is 120 cm³/mol. The van der Waals surface area contributed by atoms with Crippen molar-refractivity contribution in [2.75, 3.05) is 4.72 Å². The van der Waals surface area contributed by atoms with E-state index in [2.05, 4.69) is 4.72 Å². The van der Waals surface area contributed by atoms with Crippen molar-refractivity contribution in [1.82, 2.24) is 3.97 Å². The zero-order chi connectivity index (χ0) is 23.1. The number of anilines is 1. The molecule has 0 aliphatic heterocycles. The molecule has 10 heteroatoms. The minimum atomic E-state index is -4.09. The fraction of sp³-hybridized carbons (Fsp3) is 0.0455. The summed E-state index contributed by atoms with van der Waals surface area (Å²) in [6.07, 6.45) is 0. The molecule has 0 saturated heterocycles. The Kier molecular flexibility index (Phi) is 5.27. The smallest absolute Gasteiger partial charge is 0.338 e. The highest BCUT2D eigenvalue weighted by Crippen LogP contribution is 2.32. The van der Waals surface area contributed by atoms with Crippen LogP contribution in [0.25, 0.3) is 10.9 Å². The lowest BCUT2D eigenvalue weighted by molar-refractivity contribution is 0.0698. The summed E-state index contributed by atoms with van der Waals surface area (Å²) in [6, 6.07) is 19.5. The summed E-state index contributed by atoms with van der Waals surface area (Å²) in [5.74, 6) is -1.32. The van der Waals surface area contributed by atoms with Crippen LogP contribution < -0.4 is 4.72 Å². The second kappa shape index (κ2) is 7.81. The molecule has 0 aliphatic rings. The van der Waals surface area contributed by atoms with Crippen molar-refractivity contribution in [3.8, 4) is 0 Å². The Morgan fingerprint density at radius 2 is 1.41 bits per heavy atom. The van der Waals surface area contributed by atoms with Gasteiger partial charge in [0.2, 0.25) is 0 Å². The normalized spacial score (nSPS) is 12.0. The molecule has 0 fully saturated rings. The van der Waals surface area contributed by atoms with Crippen molar-refractivity contribution in [3.05, 3.63) is 90.1 Å². The second-order valence-corrected chi connectivity index (χ2v) is 10.5. The van der Waals surface area contributed by atoms with Crippen LogP contribution in [0.15, 0.2) is 88.7 Å². The SMILES string of the molecule is Cc1c(C(=O)O)c2cc(NS(=O)(=O)c3ccccc3)ccc2n1S(=O)(=O)c1ccccc1. The van der Waals surface area contributed by atoms with E-state index in [0.29, 0.717) is 0 Å². The van der Waals surface area contributed by atoms with Gasteiger partial charge in [0.1, 0.15) is 0 Å². The van der Waals surface area contributed by atoms with Gasteiger partial charge in [-0.2, -0.15) is 0 Å². The fourth-order valence-electron chi connectivity index (χ4n) is 3.55. The van der Waals surface area contributed by atoms with Crippen LogP contribution in [0.1, 0.15) is 16.1 Å². The van der Waals surface area contributed by atoms with Gasteiger partial charge in [-0.05, 0) is 49.4 Å². The van der Waals surface area contributed by atoms with E-state index >= 15 is 0 Å². The molecular formula is C22H18N2O6S2. The largest absolute Gasteiger partial charge is 0.478 e. The van der Waals surface area contributed by atoms with Crippen molar-refractivity contribution in [3.63, 3.8) is 0 Å². The Morgan fingerprint density at radius 3 is 1.97 bits per heavy atom. The van der Waals surface area contributed by atoms with Crippen LogP contribution in [0.3, 0.4) is 0 Å². The van der Waals surface area contributed by atoms with Crippen molar-refractivity contribution in [2.45, 2.75) is 16.7 Å². The minimum Gasteiger partial charge on any atom is -0.478 e. The molecule has 0 aliphatic carbocycles. The number of nitrogens with one attached hydrogen (secondary N) is 1. The number of aromatic carboxylic acids is 1. The lowest BCUT2D eigenvalue weighted by Crippen LogP contribution is -2.15. The van der Waals surface area contributed by atoms with Crippen LogP contribution in [0, 0.1) is 6.92 Å². The lowest BCUT2D eigenvalue weighted by atomic mass is 10.1. The average molecular weight is 471 g/mol. The average Bonchev–Trinajstić information content (AvgIpc) is 3.06. The second-order valence-electron chi connectivity index (χ2n) is 7.00. The first-order chi connectivity index (χ1) is 15.1. The zero-order valence-corrected chi connectivity index (χ0v) is 18.4. The molecule has 0 bridgehead atoms. The number of carboxylic acid groups (broad SMARTS) is 1. The molecule has 32 heavy (non-hydrogen) atoms. The molecule has 0 saturated carbocycles. The maximum absolute atomic E-state index is 13.3. The summed E-state index contributed by atoms with van der Waals surface area (Å²) in [7, 11) is -8.00. The van der Waals surface area contributed by atoms with Gasteiger partial charge in [-0.3, -0.25) is 4.72 Å². The number of hydrogen-bond acceptors (Lipinski definition) is 5. The van der Waals surface area contributed by atoms with Crippen molar-refractivity contribution in [2.24, 2.45) is 0 Å². The summed E-state index contributed by atoms with van der Waals surface area (Å²) in [6.45, 7) is 1.40. The molecule has 1 aromatic heterocycles. The molecule has 4 aromatic rings. The quantitative estimate of drug-likeness (QED) is 0.443. The number of sulfonamides is 1. The molecule has 164 valence electrons. The van der Waals surface area contributed by atoms with Crippen LogP contribution in [0.2, 0.25) is 0 Å². The number of carbonyl (C=O) groups is 1. The Bertz CT molecular complexity index is 1540. The molecule has 1 heterocycles. The molecule has 0 spiro atoms. The third kappa shape index (κ3) is 3.63. The summed E-state index contributed by atoms with van der Waals surface area (Å²) in [4.78, 5) is 12.0. The Morgan fingerprint density at radius 1 is 0.844 bits per heavy atom. The van der Waals surface area contributed by atoms with Crippen LogP contribution in [-0.4, -0.2) is 31.9 Å². The first-order valence-electron chi connectivity index (χ1n) is 9.40. The number of aromatic nitrogens is 1. The van der Waals surface area contributed by atoms with E-state index in [1.54, 1.807) is 36.4 Å². The maximum atomic E-state index is 13.3. The predicted octanol–water partition coefficient (Wildman–Crippen LogP) is 3.69. The number of hydrogen-bond donors (Lipinski definition) is 2. The Balaban J connectivity index is 1.90. The van der Waals surface area contributed by atoms with E-state index in [1.165, 1.54) is 49.4 Å². The summed E-state index contributed by atoms with van der Waals surface area (Å²) >= 11 is 0. The Labute approximate surface area is 184 Å². The van der Waals surface area contributed by atoms with Gasteiger partial charge in [0, 0.05) is 16.8 Å². The van der Waals surface area contributed by atoms with E-state index in [1.807, 2.05) is 0 Å². The lowest BCUT2D eigenvalue weighted by Gasteiger charge is -2.11. The van der Waals surface area contributed by atoms with E-state index in [9.17, 15) is 26.7 Å². The number of benzene rings is 3. The zero-order valence-electron chi connectivity index (χ0n) is 16.8. The highest BCUT2D eigenvalue weighted by Gasteiger charge is 2.28. The molecule has 0 atom stereocenters. The van der Waals surface area contributed by atoms with Crippen LogP contribution >= 0.6 is 0 Å². The molecule has 3 aromatic carbocycles. The van der Waals surface area contributed by atoms with Gasteiger partial charge in [-0.25, -0.2) is 25.6 Å². The van der Waals surface area contributed by atoms with Gasteiger partial charge >= 0.3 is 5.97 Å². The van der Waals surface area contributed by atoms with Crippen molar-refractivity contribution in [1.29, 1.82) is 0 Å². The fourth-order valence-corrected chi connectivity index (χ4v) is 6.20. The molecule has 0 unspecified atom stereocenters. The van der Waals surface area contributed by atoms with Gasteiger partial charge in [-0.15, -0.1) is 0 Å². The molecule has 2 N–H and O–H groups in total. The number of carboxylic acids is 1. The van der Waals surface area contributed by atoms with Gasteiger partial charge in [0.05, 0.1) is 20.9 Å².